The first-order chi connectivity index (χ1) is 15.0. The van der Waals surface area contributed by atoms with Crippen LogP contribution in [0.3, 0.4) is 0 Å². The minimum Gasteiger partial charge on any atom is -0.468 e. The van der Waals surface area contributed by atoms with Gasteiger partial charge in [-0.1, -0.05) is 12.1 Å². The lowest BCUT2D eigenvalue weighted by Gasteiger charge is -2.26. The number of rotatable bonds is 8. The molecule has 31 heavy (non-hydrogen) atoms. The van der Waals surface area contributed by atoms with E-state index in [9.17, 15) is 14.4 Å². The number of nitrogens with one attached hydrogen (secondary N) is 3. The molecule has 2 saturated heterocycles. The molecule has 4 rings (SSSR count). The molecular weight excluding hydrogens is 416 g/mol. The minimum absolute atomic E-state index is 0.00225. The van der Waals surface area contributed by atoms with Crippen molar-refractivity contribution in [3.05, 3.63) is 54.0 Å². The Bertz CT molecular complexity index is 958. The van der Waals surface area contributed by atoms with Crippen LogP contribution in [0.2, 0.25) is 0 Å². The van der Waals surface area contributed by atoms with Crippen molar-refractivity contribution in [1.29, 1.82) is 0 Å². The maximum absolute atomic E-state index is 13.0. The Morgan fingerprint density at radius 2 is 2.00 bits per heavy atom. The van der Waals surface area contributed by atoms with E-state index in [-0.39, 0.29) is 17.9 Å². The predicted octanol–water partition coefficient (Wildman–Crippen LogP) is 2.54. The van der Waals surface area contributed by atoms with E-state index in [0.29, 0.717) is 17.9 Å². The van der Waals surface area contributed by atoms with E-state index in [0.717, 1.165) is 36.6 Å². The number of hydrogen-bond donors (Lipinski definition) is 3. The lowest BCUT2D eigenvalue weighted by atomic mass is 10.1. The average Bonchev–Trinajstić information content (AvgIpc) is 3.51. The van der Waals surface area contributed by atoms with Gasteiger partial charge in [-0.3, -0.25) is 19.8 Å². The molecule has 3 N–H and O–H groups in total. The summed E-state index contributed by atoms with van der Waals surface area (Å²) < 4.78 is 5.63. The van der Waals surface area contributed by atoms with Crippen molar-refractivity contribution in [2.24, 2.45) is 0 Å². The lowest BCUT2D eigenvalue weighted by Crippen LogP contribution is -2.46. The van der Waals surface area contributed by atoms with E-state index in [1.807, 2.05) is 30.3 Å². The van der Waals surface area contributed by atoms with Gasteiger partial charge in [-0.15, -0.1) is 11.8 Å². The predicted molar refractivity (Wildman–Crippen MR) is 117 cm³/mol. The average molecular weight is 443 g/mol. The molecule has 3 heterocycles. The van der Waals surface area contributed by atoms with Crippen LogP contribution in [0.4, 0.5) is 4.79 Å². The molecule has 2 fully saturated rings. The summed E-state index contributed by atoms with van der Waals surface area (Å²) in [6.45, 7) is 4.09. The highest BCUT2D eigenvalue weighted by molar-refractivity contribution is 7.99. The molecular formula is C22H26N4O4S. The van der Waals surface area contributed by atoms with Gasteiger partial charge >= 0.3 is 6.03 Å². The van der Waals surface area contributed by atoms with Crippen molar-refractivity contribution in [2.45, 2.75) is 36.2 Å². The minimum atomic E-state index is -1.01. The highest BCUT2D eigenvalue weighted by atomic mass is 32.2. The lowest BCUT2D eigenvalue weighted by molar-refractivity contribution is -0.122. The van der Waals surface area contributed by atoms with E-state index in [1.54, 1.807) is 19.3 Å². The number of hydrogen-bond acceptors (Lipinski definition) is 6. The number of likely N-dealkylation sites (tertiary alicyclic amines) is 1. The zero-order valence-corrected chi connectivity index (χ0v) is 18.2. The number of thioether (sulfide) groups is 1. The molecule has 0 saturated carbocycles. The number of imide groups is 1. The third-order valence-electron chi connectivity index (χ3n) is 5.67. The standard InChI is InChI=1S/C22H26N4O4S/c1-22(20(28)24-21(29)25-22)14-31-18-9-3-2-7-15(18)19(27)23-13-16(17-8-6-12-30-17)26-10-4-5-11-26/h2-3,6-9,12,16H,4-5,10-11,13-14H2,1H3,(H,23,27)(H2,24,25,28,29)/t16-,22-/m0/s1. The SMILES string of the molecule is C[C@@]1(CSc2ccccc2C(=O)NC[C@@H](c2ccco2)N2CCCC2)NC(=O)NC1=O. The normalized spacial score (nSPS) is 22.2. The first-order valence-corrected chi connectivity index (χ1v) is 11.4. The van der Waals surface area contributed by atoms with Crippen molar-refractivity contribution >= 4 is 29.6 Å². The van der Waals surface area contributed by atoms with Crippen molar-refractivity contribution in [1.82, 2.24) is 20.9 Å². The Morgan fingerprint density at radius 1 is 1.23 bits per heavy atom. The summed E-state index contributed by atoms with van der Waals surface area (Å²) in [4.78, 5) is 39.7. The fourth-order valence-corrected chi connectivity index (χ4v) is 5.05. The molecule has 0 spiro atoms. The maximum atomic E-state index is 13.0. The molecule has 0 bridgehead atoms. The summed E-state index contributed by atoms with van der Waals surface area (Å²) in [7, 11) is 0. The summed E-state index contributed by atoms with van der Waals surface area (Å²) >= 11 is 1.37. The summed E-state index contributed by atoms with van der Waals surface area (Å²) in [5.41, 5.74) is -0.466. The van der Waals surface area contributed by atoms with Crippen molar-refractivity contribution in [3.63, 3.8) is 0 Å². The van der Waals surface area contributed by atoms with E-state index in [4.69, 9.17) is 4.42 Å². The van der Waals surface area contributed by atoms with Crippen molar-refractivity contribution < 1.29 is 18.8 Å². The molecule has 1 aromatic carbocycles. The highest BCUT2D eigenvalue weighted by Gasteiger charge is 2.42. The maximum Gasteiger partial charge on any atom is 0.322 e. The Morgan fingerprint density at radius 3 is 2.68 bits per heavy atom. The van der Waals surface area contributed by atoms with Gasteiger partial charge in [0.1, 0.15) is 11.3 Å². The second-order valence-corrected chi connectivity index (χ2v) is 9.03. The van der Waals surface area contributed by atoms with Gasteiger partial charge in [-0.25, -0.2) is 4.79 Å². The monoisotopic (exact) mass is 442 g/mol. The molecule has 164 valence electrons. The van der Waals surface area contributed by atoms with Crippen molar-refractivity contribution in [3.8, 4) is 0 Å². The second-order valence-electron chi connectivity index (χ2n) is 8.01. The number of carbonyl (C=O) groups is 3. The van der Waals surface area contributed by atoms with E-state index in [1.165, 1.54) is 11.8 Å². The van der Waals surface area contributed by atoms with Gasteiger partial charge in [0.15, 0.2) is 0 Å². The fourth-order valence-electron chi connectivity index (χ4n) is 3.91. The molecule has 8 nitrogen and oxygen atoms in total. The molecule has 2 atom stereocenters. The van der Waals surface area contributed by atoms with Gasteiger partial charge in [0, 0.05) is 17.2 Å². The first kappa shape index (κ1) is 21.5. The summed E-state index contributed by atoms with van der Waals surface area (Å²) in [6.07, 6.45) is 3.95. The van der Waals surface area contributed by atoms with Crippen LogP contribution in [-0.4, -0.2) is 53.7 Å². The van der Waals surface area contributed by atoms with Crippen LogP contribution >= 0.6 is 11.8 Å². The highest BCUT2D eigenvalue weighted by Crippen LogP contribution is 2.28. The van der Waals surface area contributed by atoms with Gasteiger partial charge in [-0.2, -0.15) is 0 Å². The van der Waals surface area contributed by atoms with Gasteiger partial charge < -0.3 is 15.1 Å². The van der Waals surface area contributed by atoms with Crippen LogP contribution in [0.25, 0.3) is 0 Å². The third-order valence-corrected chi connectivity index (χ3v) is 7.06. The van der Waals surface area contributed by atoms with Gasteiger partial charge in [0.05, 0.1) is 17.9 Å². The number of amides is 4. The zero-order valence-electron chi connectivity index (χ0n) is 17.3. The molecule has 4 amide bonds. The van der Waals surface area contributed by atoms with Crippen LogP contribution in [0.15, 0.2) is 52.0 Å². The molecule has 9 heteroatoms. The summed E-state index contributed by atoms with van der Waals surface area (Å²) in [5.74, 6) is 0.626. The molecule has 0 aliphatic carbocycles. The molecule has 0 unspecified atom stereocenters. The zero-order chi connectivity index (χ0) is 21.8. The van der Waals surface area contributed by atoms with Gasteiger partial charge in [-0.05, 0) is 57.1 Å². The molecule has 1 aromatic heterocycles. The number of benzene rings is 1. The number of furan rings is 1. The number of carbonyl (C=O) groups excluding carboxylic acids is 3. The van der Waals surface area contributed by atoms with Crippen LogP contribution < -0.4 is 16.0 Å². The second kappa shape index (κ2) is 9.15. The Hall–Kier alpha value is -2.78. The third kappa shape index (κ3) is 4.77. The Labute approximate surface area is 185 Å². The van der Waals surface area contributed by atoms with Crippen LogP contribution in [0.1, 0.15) is 41.9 Å². The topological polar surface area (TPSA) is 104 Å². The van der Waals surface area contributed by atoms with Gasteiger partial charge in [0.2, 0.25) is 0 Å². The molecule has 2 aromatic rings. The number of urea groups is 1. The van der Waals surface area contributed by atoms with Crippen molar-refractivity contribution in [2.75, 3.05) is 25.4 Å². The van der Waals surface area contributed by atoms with Crippen LogP contribution in [-0.2, 0) is 4.79 Å². The fraction of sp³-hybridized carbons (Fsp3) is 0.409. The van der Waals surface area contributed by atoms with Crippen LogP contribution in [0, 0.1) is 0 Å². The summed E-state index contributed by atoms with van der Waals surface area (Å²) in [6, 6.07) is 10.6. The van der Waals surface area contributed by atoms with E-state index >= 15 is 0 Å². The van der Waals surface area contributed by atoms with Crippen LogP contribution in [0.5, 0.6) is 0 Å². The van der Waals surface area contributed by atoms with E-state index < -0.39 is 11.6 Å². The summed E-state index contributed by atoms with van der Waals surface area (Å²) in [5, 5.41) is 7.96. The number of nitrogens with zero attached hydrogens (tertiary/aromatic N) is 1. The quantitative estimate of drug-likeness (QED) is 0.429. The Kier molecular flexibility index (Phi) is 6.33. The molecule has 2 aliphatic rings. The molecule has 0 radical (unpaired) electrons. The smallest absolute Gasteiger partial charge is 0.322 e. The first-order valence-electron chi connectivity index (χ1n) is 10.4. The Balaban J connectivity index is 1.43. The van der Waals surface area contributed by atoms with E-state index in [2.05, 4.69) is 20.9 Å². The largest absolute Gasteiger partial charge is 0.468 e. The molecule has 2 aliphatic heterocycles. The van der Waals surface area contributed by atoms with Gasteiger partial charge in [0.25, 0.3) is 11.8 Å².